The van der Waals surface area contributed by atoms with Gasteiger partial charge in [0.2, 0.25) is 10.0 Å². The van der Waals surface area contributed by atoms with E-state index in [4.69, 9.17) is 4.74 Å². The van der Waals surface area contributed by atoms with E-state index in [-0.39, 0.29) is 22.6 Å². The van der Waals surface area contributed by atoms with Crippen LogP contribution < -0.4 is 14.8 Å². The molecule has 0 aliphatic carbocycles. The molecule has 0 saturated carbocycles. The number of hydrogen-bond acceptors (Lipinski definition) is 5. The molecule has 7 nitrogen and oxygen atoms in total. The molecule has 1 aromatic rings. The fourth-order valence-corrected chi connectivity index (χ4v) is 4.65. The lowest BCUT2D eigenvalue weighted by molar-refractivity contribution is 0.0690. The van der Waals surface area contributed by atoms with Gasteiger partial charge in [-0.1, -0.05) is 0 Å². The third kappa shape index (κ3) is 4.96. The molecule has 0 atom stereocenters. The number of carbonyl (C=O) groups is 1. The van der Waals surface area contributed by atoms with E-state index in [1.54, 1.807) is 24.8 Å². The third-order valence-corrected chi connectivity index (χ3v) is 6.17. The highest BCUT2D eigenvalue weighted by Crippen LogP contribution is 2.26. The molecule has 2 rings (SSSR count). The minimum atomic E-state index is -3.76. The maximum absolute atomic E-state index is 12.8. The first-order valence-corrected chi connectivity index (χ1v) is 10.4. The fraction of sp³-hybridized carbons (Fsp3) is 0.611. The number of ether oxygens (including phenoxy) is 1. The van der Waals surface area contributed by atoms with Crippen LogP contribution >= 0.6 is 0 Å². The van der Waals surface area contributed by atoms with Crippen LogP contribution in [-0.4, -0.2) is 59.1 Å². The topological polar surface area (TPSA) is 87.7 Å². The van der Waals surface area contributed by atoms with Crippen molar-refractivity contribution in [3.8, 4) is 5.75 Å². The Kier molecular flexibility index (Phi) is 7.02. The van der Waals surface area contributed by atoms with Crippen LogP contribution in [0.5, 0.6) is 5.75 Å². The first kappa shape index (κ1) is 20.7. The van der Waals surface area contributed by atoms with Crippen molar-refractivity contribution in [3.63, 3.8) is 0 Å². The molecule has 1 saturated heterocycles. The summed E-state index contributed by atoms with van der Waals surface area (Å²) >= 11 is 0. The van der Waals surface area contributed by atoms with Gasteiger partial charge in [-0.15, -0.1) is 0 Å². The number of nitrogens with zero attached hydrogens (tertiary/aromatic N) is 1. The van der Waals surface area contributed by atoms with Gasteiger partial charge in [-0.25, -0.2) is 13.1 Å². The van der Waals surface area contributed by atoms with Crippen LogP contribution in [0.4, 0.5) is 0 Å². The predicted molar refractivity (Wildman–Crippen MR) is 101 cm³/mol. The summed E-state index contributed by atoms with van der Waals surface area (Å²) < 4.78 is 32.9. The molecule has 1 heterocycles. The van der Waals surface area contributed by atoms with Crippen molar-refractivity contribution in [1.29, 1.82) is 0 Å². The van der Waals surface area contributed by atoms with Gasteiger partial charge in [-0.05, 0) is 64.4 Å². The van der Waals surface area contributed by atoms with Gasteiger partial charge in [-0.3, -0.25) is 4.79 Å². The summed E-state index contributed by atoms with van der Waals surface area (Å²) in [4.78, 5) is 14.6. The molecule has 0 unspecified atom stereocenters. The number of methoxy groups -OCH3 is 1. The lowest BCUT2D eigenvalue weighted by Gasteiger charge is -2.32. The maximum Gasteiger partial charge on any atom is 0.253 e. The van der Waals surface area contributed by atoms with Crippen LogP contribution in [0.2, 0.25) is 0 Å². The number of sulfonamides is 1. The second-order valence-corrected chi connectivity index (χ2v) is 8.62. The predicted octanol–water partition coefficient (Wildman–Crippen LogP) is 1.45. The third-order valence-electron chi connectivity index (χ3n) is 4.49. The standard InChI is InChI=1S/C18H29N3O4S/c1-13(2)20-26(23,24)17-11-15(5-6-16(17)25-4)18(22)21-9-7-14(8-10-21)12-19-3/h5-6,11,13-14,19-20H,7-10,12H2,1-4H3. The molecule has 8 heteroatoms. The molecular weight excluding hydrogens is 354 g/mol. The number of piperidine rings is 1. The second-order valence-electron chi connectivity index (χ2n) is 6.93. The molecule has 1 aromatic carbocycles. The lowest BCUT2D eigenvalue weighted by Crippen LogP contribution is -2.40. The van der Waals surface area contributed by atoms with Crippen molar-refractivity contribution >= 4 is 15.9 Å². The average Bonchev–Trinajstić information content (AvgIpc) is 2.60. The summed E-state index contributed by atoms with van der Waals surface area (Å²) in [5, 5.41) is 3.17. The SMILES string of the molecule is CNCC1CCN(C(=O)c2ccc(OC)c(S(=O)(=O)NC(C)C)c2)CC1. The van der Waals surface area contributed by atoms with Crippen LogP contribution in [0.3, 0.4) is 0 Å². The van der Waals surface area contributed by atoms with Gasteiger partial charge in [0.05, 0.1) is 7.11 Å². The zero-order valence-electron chi connectivity index (χ0n) is 15.9. The molecule has 0 spiro atoms. The Morgan fingerprint density at radius 3 is 2.50 bits per heavy atom. The summed E-state index contributed by atoms with van der Waals surface area (Å²) in [6.07, 6.45) is 1.89. The molecule has 1 fully saturated rings. The number of carbonyl (C=O) groups excluding carboxylic acids is 1. The maximum atomic E-state index is 12.8. The first-order valence-electron chi connectivity index (χ1n) is 8.92. The van der Waals surface area contributed by atoms with Crippen molar-refractivity contribution in [2.75, 3.05) is 33.8 Å². The molecule has 146 valence electrons. The molecule has 0 aromatic heterocycles. The molecule has 1 aliphatic heterocycles. The number of hydrogen-bond donors (Lipinski definition) is 2. The van der Waals surface area contributed by atoms with Crippen molar-refractivity contribution in [2.24, 2.45) is 5.92 Å². The number of benzene rings is 1. The van der Waals surface area contributed by atoms with Crippen molar-refractivity contribution in [1.82, 2.24) is 14.9 Å². The summed E-state index contributed by atoms with van der Waals surface area (Å²) in [6, 6.07) is 4.31. The van der Waals surface area contributed by atoms with Gasteiger partial charge in [-0.2, -0.15) is 0 Å². The van der Waals surface area contributed by atoms with Crippen LogP contribution in [-0.2, 0) is 10.0 Å². The fourth-order valence-electron chi connectivity index (χ4n) is 3.20. The molecule has 1 amide bonds. The number of amides is 1. The van der Waals surface area contributed by atoms with Crippen molar-refractivity contribution in [2.45, 2.75) is 37.6 Å². The molecular formula is C18H29N3O4S. The average molecular weight is 384 g/mol. The van der Waals surface area contributed by atoms with E-state index in [0.717, 1.165) is 19.4 Å². The molecule has 1 aliphatic rings. The summed E-state index contributed by atoms with van der Waals surface area (Å²) in [5.41, 5.74) is 0.363. The van der Waals surface area contributed by atoms with Crippen LogP contribution in [0, 0.1) is 5.92 Å². The lowest BCUT2D eigenvalue weighted by atomic mass is 9.96. The smallest absolute Gasteiger partial charge is 0.253 e. The van der Waals surface area contributed by atoms with Crippen molar-refractivity contribution < 1.29 is 17.9 Å². The summed E-state index contributed by atoms with van der Waals surface area (Å²) in [5.74, 6) is 0.657. The van der Waals surface area contributed by atoms with E-state index in [9.17, 15) is 13.2 Å². The largest absolute Gasteiger partial charge is 0.495 e. The van der Waals surface area contributed by atoms with Gasteiger partial charge in [0.1, 0.15) is 10.6 Å². The van der Waals surface area contributed by atoms with Crippen LogP contribution in [0.25, 0.3) is 0 Å². The molecule has 0 radical (unpaired) electrons. The van der Waals surface area contributed by atoms with Gasteiger partial charge in [0.25, 0.3) is 5.91 Å². The van der Waals surface area contributed by atoms with Gasteiger partial charge >= 0.3 is 0 Å². The van der Waals surface area contributed by atoms with E-state index in [0.29, 0.717) is 24.6 Å². The summed E-state index contributed by atoms with van der Waals surface area (Å²) in [7, 11) is -0.412. The second kappa shape index (κ2) is 8.83. The molecule has 0 bridgehead atoms. The Balaban J connectivity index is 2.23. The van der Waals surface area contributed by atoms with E-state index >= 15 is 0 Å². The Bertz CT molecular complexity index is 726. The highest BCUT2D eigenvalue weighted by molar-refractivity contribution is 7.89. The zero-order valence-corrected chi connectivity index (χ0v) is 16.7. The monoisotopic (exact) mass is 383 g/mol. The van der Waals surface area contributed by atoms with E-state index in [1.807, 2.05) is 7.05 Å². The van der Waals surface area contributed by atoms with E-state index in [2.05, 4.69) is 10.0 Å². The minimum absolute atomic E-state index is 0.00961. The molecule has 26 heavy (non-hydrogen) atoms. The van der Waals surface area contributed by atoms with E-state index < -0.39 is 10.0 Å². The Labute approximate surface area is 156 Å². The Morgan fingerprint density at radius 1 is 1.31 bits per heavy atom. The highest BCUT2D eigenvalue weighted by atomic mass is 32.2. The van der Waals surface area contributed by atoms with Crippen LogP contribution in [0.1, 0.15) is 37.0 Å². The van der Waals surface area contributed by atoms with Gasteiger partial charge in [0.15, 0.2) is 0 Å². The number of nitrogens with one attached hydrogen (secondary N) is 2. The highest BCUT2D eigenvalue weighted by Gasteiger charge is 2.26. The van der Waals surface area contributed by atoms with E-state index in [1.165, 1.54) is 19.2 Å². The minimum Gasteiger partial charge on any atom is -0.495 e. The number of likely N-dealkylation sites (tertiary alicyclic amines) is 1. The van der Waals surface area contributed by atoms with Gasteiger partial charge < -0.3 is 15.0 Å². The summed E-state index contributed by atoms with van der Waals surface area (Å²) in [6.45, 7) is 5.81. The quantitative estimate of drug-likeness (QED) is 0.744. The Morgan fingerprint density at radius 2 is 1.96 bits per heavy atom. The number of rotatable bonds is 7. The van der Waals surface area contributed by atoms with Crippen LogP contribution in [0.15, 0.2) is 23.1 Å². The molecule has 2 N–H and O–H groups in total. The normalized spacial score (nSPS) is 16.1. The Hall–Kier alpha value is -1.64. The van der Waals surface area contributed by atoms with Crippen molar-refractivity contribution in [3.05, 3.63) is 23.8 Å². The zero-order chi connectivity index (χ0) is 19.3. The van der Waals surface area contributed by atoms with Gasteiger partial charge in [0, 0.05) is 24.7 Å². The first-order chi connectivity index (χ1) is 12.3.